The number of fused-ring (bicyclic) bond motifs is 3. The second kappa shape index (κ2) is 11.7. The molecule has 0 saturated heterocycles. The Morgan fingerprint density at radius 2 is 2.06 bits per heavy atom. The number of ether oxygens (including phenoxy) is 1. The van der Waals surface area contributed by atoms with Crippen molar-refractivity contribution in [3.05, 3.63) is 52.2 Å². The zero-order valence-electron chi connectivity index (χ0n) is 20.0. The molecule has 0 N–H and O–H groups in total. The van der Waals surface area contributed by atoms with Gasteiger partial charge in [-0.3, -0.25) is 4.79 Å². The molecule has 0 bridgehead atoms. The fraction of sp³-hybridized carbons (Fsp3) is 0.480. The van der Waals surface area contributed by atoms with E-state index >= 15 is 0 Å². The van der Waals surface area contributed by atoms with Gasteiger partial charge in [0.2, 0.25) is 0 Å². The first kappa shape index (κ1) is 27.7. The van der Waals surface area contributed by atoms with E-state index in [9.17, 15) is 13.2 Å². The van der Waals surface area contributed by atoms with Gasteiger partial charge in [-0.25, -0.2) is 8.42 Å². The summed E-state index contributed by atoms with van der Waals surface area (Å²) >= 11 is 8.95. The normalized spacial score (nSPS) is 16.7. The number of carbonyl (C=O) groups is 1. The van der Waals surface area contributed by atoms with Gasteiger partial charge in [0, 0.05) is 39.6 Å². The number of aromatic nitrogens is 1. The molecule has 8 heteroatoms. The van der Waals surface area contributed by atoms with Crippen LogP contribution < -0.4 is 0 Å². The summed E-state index contributed by atoms with van der Waals surface area (Å²) in [6, 6.07) is 3.46. The van der Waals surface area contributed by atoms with Gasteiger partial charge in [0.05, 0.1) is 23.9 Å². The quantitative estimate of drug-likeness (QED) is 0.219. The Kier molecular flexibility index (Phi) is 9.82. The van der Waals surface area contributed by atoms with E-state index in [1.54, 1.807) is 18.2 Å². The topological polar surface area (TPSA) is 65.4 Å². The van der Waals surface area contributed by atoms with E-state index in [2.05, 4.69) is 47.0 Å². The lowest BCUT2D eigenvalue weighted by molar-refractivity contribution is -0.141. The number of benzene rings is 1. The van der Waals surface area contributed by atoms with Gasteiger partial charge < -0.3 is 9.30 Å². The fourth-order valence-electron chi connectivity index (χ4n) is 4.21. The van der Waals surface area contributed by atoms with Crippen LogP contribution in [0.3, 0.4) is 0 Å². The number of carbonyl (C=O) groups excluding carboxylic acids is 1. The molecule has 0 fully saturated rings. The second-order valence-electron chi connectivity index (χ2n) is 8.41. The molecule has 2 unspecified atom stereocenters. The number of nitrogens with zero attached hydrogens (tertiary/aromatic N) is 1. The SMILES string of the molecule is C=CC(C)Cl.CC/C=C(\C)Cn1c2c(c3cc(S(C)(=O)=O)cc(Br)c31)CCC2CC(=O)OC. The smallest absolute Gasteiger partial charge is 0.306 e. The van der Waals surface area contributed by atoms with Gasteiger partial charge in [-0.2, -0.15) is 0 Å². The van der Waals surface area contributed by atoms with Crippen molar-refractivity contribution in [1.82, 2.24) is 4.57 Å². The highest BCUT2D eigenvalue weighted by Crippen LogP contribution is 2.44. The molecule has 0 radical (unpaired) electrons. The summed E-state index contributed by atoms with van der Waals surface area (Å²) in [5.74, 6) is -0.135. The molecule has 1 aromatic carbocycles. The van der Waals surface area contributed by atoms with Gasteiger partial charge in [0.1, 0.15) is 0 Å². The molecule has 1 heterocycles. The molecular weight excluding hydrogens is 526 g/mol. The van der Waals surface area contributed by atoms with Gasteiger partial charge in [0.15, 0.2) is 9.84 Å². The lowest BCUT2D eigenvalue weighted by Gasteiger charge is -2.17. The summed E-state index contributed by atoms with van der Waals surface area (Å²) in [6.07, 6.45) is 8.10. The van der Waals surface area contributed by atoms with Gasteiger partial charge in [-0.05, 0) is 66.7 Å². The lowest BCUT2D eigenvalue weighted by Crippen LogP contribution is -2.12. The highest BCUT2D eigenvalue weighted by Gasteiger charge is 2.33. The number of hydrogen-bond acceptors (Lipinski definition) is 4. The Morgan fingerprint density at radius 3 is 2.58 bits per heavy atom. The minimum atomic E-state index is -3.32. The zero-order valence-corrected chi connectivity index (χ0v) is 23.1. The lowest BCUT2D eigenvalue weighted by atomic mass is 10.0. The van der Waals surface area contributed by atoms with Crippen molar-refractivity contribution in [2.45, 2.75) is 69.2 Å². The first-order valence-corrected chi connectivity index (χ1v) is 14.1. The summed E-state index contributed by atoms with van der Waals surface area (Å²) in [4.78, 5) is 12.3. The number of halogens is 2. The van der Waals surface area contributed by atoms with Crippen molar-refractivity contribution in [1.29, 1.82) is 0 Å². The average Bonchev–Trinajstić information content (AvgIpc) is 3.27. The molecule has 182 valence electrons. The Morgan fingerprint density at radius 1 is 1.42 bits per heavy atom. The summed E-state index contributed by atoms with van der Waals surface area (Å²) in [6.45, 7) is 10.2. The maximum absolute atomic E-state index is 12.1. The number of rotatable bonds is 7. The summed E-state index contributed by atoms with van der Waals surface area (Å²) in [5.41, 5.74) is 4.52. The van der Waals surface area contributed by atoms with Crippen LogP contribution in [0.5, 0.6) is 0 Å². The third kappa shape index (κ3) is 6.74. The highest BCUT2D eigenvalue weighted by atomic mass is 79.9. The number of allylic oxidation sites excluding steroid dienone is 3. The van der Waals surface area contributed by atoms with E-state index in [-0.39, 0.29) is 17.3 Å². The van der Waals surface area contributed by atoms with Crippen molar-refractivity contribution in [3.8, 4) is 0 Å². The first-order chi connectivity index (χ1) is 15.4. The average molecular weight is 559 g/mol. The second-order valence-corrected chi connectivity index (χ2v) is 12.0. The summed E-state index contributed by atoms with van der Waals surface area (Å²) in [5, 5.41) is 1.08. The third-order valence-electron chi connectivity index (χ3n) is 5.72. The molecule has 0 amide bonds. The van der Waals surface area contributed by atoms with E-state index in [0.29, 0.717) is 17.9 Å². The van der Waals surface area contributed by atoms with E-state index in [1.165, 1.54) is 18.9 Å². The monoisotopic (exact) mass is 557 g/mol. The minimum absolute atomic E-state index is 0.0814. The van der Waals surface area contributed by atoms with Gasteiger partial charge in [0.25, 0.3) is 0 Å². The summed E-state index contributed by atoms with van der Waals surface area (Å²) in [7, 11) is -1.90. The molecule has 0 saturated carbocycles. The van der Waals surface area contributed by atoms with Crippen molar-refractivity contribution in [2.75, 3.05) is 13.4 Å². The van der Waals surface area contributed by atoms with Crippen LogP contribution in [0.15, 0.2) is 45.8 Å². The molecule has 2 atom stereocenters. The van der Waals surface area contributed by atoms with Gasteiger partial charge in [-0.1, -0.05) is 24.6 Å². The fourth-order valence-corrected chi connectivity index (χ4v) is 5.70. The van der Waals surface area contributed by atoms with E-state index in [0.717, 1.165) is 45.9 Å². The van der Waals surface area contributed by atoms with Crippen LogP contribution in [0.25, 0.3) is 10.9 Å². The molecule has 1 aliphatic rings. The molecule has 33 heavy (non-hydrogen) atoms. The standard InChI is InChI=1S/C21H26BrNO4S.C4H7Cl/c1-5-6-13(2)12-23-20-14(9-19(24)27-3)7-8-16(20)17-10-15(28(4,25)26)11-18(22)21(17)23;1-3-4(2)5/h6,10-11,14H,5,7-9,12H2,1-4H3;3-4H,1H2,2H3/b13-6+;. The van der Waals surface area contributed by atoms with E-state index in [1.807, 2.05) is 6.92 Å². The van der Waals surface area contributed by atoms with E-state index in [4.69, 9.17) is 16.3 Å². The molecule has 0 aliphatic heterocycles. The largest absolute Gasteiger partial charge is 0.469 e. The van der Waals surface area contributed by atoms with Crippen molar-refractivity contribution in [2.24, 2.45) is 0 Å². The number of alkyl halides is 1. The van der Waals surface area contributed by atoms with Crippen LogP contribution in [-0.2, 0) is 32.3 Å². The number of hydrogen-bond donors (Lipinski definition) is 0. The number of esters is 1. The Bertz CT molecular complexity index is 1170. The van der Waals surface area contributed by atoms with E-state index < -0.39 is 9.84 Å². The zero-order chi connectivity index (χ0) is 24.9. The Labute approximate surface area is 210 Å². The molecule has 5 nitrogen and oxygen atoms in total. The predicted molar refractivity (Wildman–Crippen MR) is 140 cm³/mol. The maximum atomic E-state index is 12.1. The van der Waals surface area contributed by atoms with Crippen LogP contribution in [-0.4, -0.2) is 37.7 Å². The molecule has 0 spiro atoms. The Balaban J connectivity index is 0.000000696. The molecule has 1 aliphatic carbocycles. The highest BCUT2D eigenvalue weighted by molar-refractivity contribution is 9.10. The number of aryl methyl sites for hydroxylation is 1. The summed E-state index contributed by atoms with van der Waals surface area (Å²) < 4.78 is 32.2. The van der Waals surface area contributed by atoms with Crippen molar-refractivity contribution in [3.63, 3.8) is 0 Å². The minimum Gasteiger partial charge on any atom is -0.469 e. The molecular formula is C25H33BrClNO4S. The molecule has 3 rings (SSSR count). The van der Waals surface area contributed by atoms with Crippen LogP contribution in [0.4, 0.5) is 0 Å². The van der Waals surface area contributed by atoms with Gasteiger partial charge >= 0.3 is 5.97 Å². The van der Waals surface area contributed by atoms with Crippen LogP contribution >= 0.6 is 27.5 Å². The first-order valence-electron chi connectivity index (χ1n) is 11.0. The van der Waals surface area contributed by atoms with Crippen LogP contribution in [0.2, 0.25) is 0 Å². The molecule has 2 aromatic rings. The van der Waals surface area contributed by atoms with Crippen LogP contribution in [0, 0.1) is 0 Å². The maximum Gasteiger partial charge on any atom is 0.306 e. The van der Waals surface area contributed by atoms with Crippen molar-refractivity contribution >= 4 is 54.2 Å². The third-order valence-corrected chi connectivity index (χ3v) is 7.59. The number of sulfone groups is 1. The van der Waals surface area contributed by atoms with Gasteiger partial charge in [-0.15, -0.1) is 18.2 Å². The van der Waals surface area contributed by atoms with Crippen molar-refractivity contribution < 1.29 is 17.9 Å². The van der Waals surface area contributed by atoms with Crippen LogP contribution in [0.1, 0.15) is 57.2 Å². The number of methoxy groups -OCH3 is 1. The predicted octanol–water partition coefficient (Wildman–Crippen LogP) is 6.56. The molecule has 1 aromatic heterocycles. The Hall–Kier alpha value is -1.57.